The second kappa shape index (κ2) is 5.74. The van der Waals surface area contributed by atoms with Gasteiger partial charge in [-0.3, -0.25) is 0 Å². The minimum atomic E-state index is -5.55. The Labute approximate surface area is 92.0 Å². The molecular weight excluding hydrogens is 245 g/mol. The van der Waals surface area contributed by atoms with Crippen LogP contribution in [0.3, 0.4) is 0 Å². The first-order valence-electron chi connectivity index (χ1n) is 4.39. The van der Waals surface area contributed by atoms with E-state index < -0.39 is 15.6 Å². The zero-order valence-corrected chi connectivity index (χ0v) is 9.47. The number of para-hydroxylation sites is 1. The van der Waals surface area contributed by atoms with Crippen LogP contribution < -0.4 is 4.18 Å². The van der Waals surface area contributed by atoms with Crippen molar-refractivity contribution in [1.82, 2.24) is 0 Å². The third-order valence-corrected chi connectivity index (χ3v) is 2.21. The van der Waals surface area contributed by atoms with Crippen LogP contribution in [0.1, 0.15) is 13.8 Å². The van der Waals surface area contributed by atoms with E-state index in [4.69, 9.17) is 0 Å². The summed E-state index contributed by atoms with van der Waals surface area (Å²) in [6.45, 7) is 4.00. The Kier molecular flexibility index (Phi) is 5.29. The van der Waals surface area contributed by atoms with Gasteiger partial charge in [-0.15, -0.1) is 0 Å². The minimum Gasteiger partial charge on any atom is -0.376 e. The molecule has 0 atom stereocenters. The van der Waals surface area contributed by atoms with Crippen molar-refractivity contribution >= 4 is 10.1 Å². The molecule has 0 fully saturated rings. The summed E-state index contributed by atoms with van der Waals surface area (Å²) in [5, 5.41) is 0. The van der Waals surface area contributed by atoms with Gasteiger partial charge in [-0.25, -0.2) is 0 Å². The summed E-state index contributed by atoms with van der Waals surface area (Å²) in [5.41, 5.74) is -5.40. The molecule has 0 unspecified atom stereocenters. The molecule has 0 saturated heterocycles. The molecule has 92 valence electrons. The zero-order chi connectivity index (χ0) is 12.8. The highest BCUT2D eigenvalue weighted by atomic mass is 32.2. The number of benzene rings is 1. The van der Waals surface area contributed by atoms with E-state index in [1.807, 2.05) is 13.8 Å². The van der Waals surface area contributed by atoms with E-state index in [0.29, 0.717) is 0 Å². The van der Waals surface area contributed by atoms with E-state index >= 15 is 0 Å². The van der Waals surface area contributed by atoms with Gasteiger partial charge in [0, 0.05) is 0 Å². The molecule has 0 saturated carbocycles. The highest BCUT2D eigenvalue weighted by Crippen LogP contribution is 2.26. The lowest BCUT2D eigenvalue weighted by atomic mass is 10.3. The molecule has 1 aromatic rings. The molecule has 0 amide bonds. The lowest BCUT2D eigenvalue weighted by Crippen LogP contribution is -2.27. The molecule has 0 bridgehead atoms. The largest absolute Gasteiger partial charge is 0.534 e. The number of hydrogen-bond acceptors (Lipinski definition) is 3. The fraction of sp³-hybridized carbons (Fsp3) is 0.333. The van der Waals surface area contributed by atoms with Crippen molar-refractivity contribution in [2.75, 3.05) is 0 Å². The summed E-state index contributed by atoms with van der Waals surface area (Å²) in [5.74, 6) is -0.371. The molecule has 0 aliphatic heterocycles. The predicted molar refractivity (Wildman–Crippen MR) is 53.4 cm³/mol. The van der Waals surface area contributed by atoms with Gasteiger partial charge in [-0.05, 0) is 12.1 Å². The number of alkyl halides is 3. The highest BCUT2D eigenvalue weighted by molar-refractivity contribution is 7.87. The third-order valence-electron chi connectivity index (χ3n) is 1.23. The average molecular weight is 256 g/mol. The molecular formula is C9H11F3O3S. The molecule has 7 heteroatoms. The molecule has 1 rings (SSSR count). The summed E-state index contributed by atoms with van der Waals surface area (Å²) in [6, 6.07) is 6.47. The topological polar surface area (TPSA) is 43.4 Å². The zero-order valence-electron chi connectivity index (χ0n) is 8.65. The van der Waals surface area contributed by atoms with Crippen LogP contribution in [0.5, 0.6) is 5.75 Å². The summed E-state index contributed by atoms with van der Waals surface area (Å²) in [7, 11) is -5.55. The molecule has 3 nitrogen and oxygen atoms in total. The van der Waals surface area contributed by atoms with Crippen LogP contribution in [-0.2, 0) is 10.1 Å². The monoisotopic (exact) mass is 256 g/mol. The van der Waals surface area contributed by atoms with E-state index in [1.165, 1.54) is 18.2 Å². The molecule has 0 radical (unpaired) electrons. The first-order valence-corrected chi connectivity index (χ1v) is 5.79. The van der Waals surface area contributed by atoms with E-state index in [9.17, 15) is 21.6 Å². The quantitative estimate of drug-likeness (QED) is 0.603. The summed E-state index contributed by atoms with van der Waals surface area (Å²) in [4.78, 5) is 0. The first kappa shape index (κ1) is 14.8. The Morgan fingerprint density at radius 3 is 1.88 bits per heavy atom. The Morgan fingerprint density at radius 2 is 1.50 bits per heavy atom. The van der Waals surface area contributed by atoms with E-state index in [-0.39, 0.29) is 5.75 Å². The van der Waals surface area contributed by atoms with Gasteiger partial charge in [0.15, 0.2) is 0 Å². The lowest BCUT2D eigenvalue weighted by Gasteiger charge is -2.08. The van der Waals surface area contributed by atoms with E-state index in [1.54, 1.807) is 0 Å². The standard InChI is InChI=1S/C7H5F3O3S.C2H6/c8-7(9,10)14(11,12)13-6-4-2-1-3-5-6;1-2/h1-5H;1-2H3. The predicted octanol–water partition coefficient (Wildman–Crippen LogP) is 2.94. The van der Waals surface area contributed by atoms with Crippen LogP contribution in [0.4, 0.5) is 13.2 Å². The van der Waals surface area contributed by atoms with Crippen molar-refractivity contribution in [3.63, 3.8) is 0 Å². The molecule has 0 aliphatic rings. The molecule has 0 spiro atoms. The first-order chi connectivity index (χ1) is 7.33. The highest BCUT2D eigenvalue weighted by Gasteiger charge is 2.48. The maximum absolute atomic E-state index is 11.8. The Morgan fingerprint density at radius 1 is 1.06 bits per heavy atom. The smallest absolute Gasteiger partial charge is 0.376 e. The van der Waals surface area contributed by atoms with Crippen molar-refractivity contribution in [2.45, 2.75) is 19.4 Å². The Bertz CT molecular complexity index is 398. The molecule has 0 aromatic heterocycles. The maximum Gasteiger partial charge on any atom is 0.534 e. The lowest BCUT2D eigenvalue weighted by molar-refractivity contribution is -0.0500. The van der Waals surface area contributed by atoms with Crippen LogP contribution in [0.25, 0.3) is 0 Å². The van der Waals surface area contributed by atoms with Crippen LogP contribution >= 0.6 is 0 Å². The van der Waals surface area contributed by atoms with Gasteiger partial charge in [-0.2, -0.15) is 21.6 Å². The van der Waals surface area contributed by atoms with E-state index in [2.05, 4.69) is 4.18 Å². The Balaban J connectivity index is 0.00000106. The fourth-order valence-corrected chi connectivity index (χ4v) is 1.11. The van der Waals surface area contributed by atoms with Gasteiger partial charge in [-0.1, -0.05) is 32.0 Å². The van der Waals surface area contributed by atoms with Crippen molar-refractivity contribution in [1.29, 1.82) is 0 Å². The normalized spacial score (nSPS) is 11.3. The van der Waals surface area contributed by atoms with Crippen LogP contribution in [0.2, 0.25) is 0 Å². The van der Waals surface area contributed by atoms with Crippen LogP contribution in [0, 0.1) is 0 Å². The van der Waals surface area contributed by atoms with Crippen molar-refractivity contribution in [3.8, 4) is 5.75 Å². The van der Waals surface area contributed by atoms with Crippen molar-refractivity contribution in [3.05, 3.63) is 30.3 Å². The van der Waals surface area contributed by atoms with Gasteiger partial charge in [0.05, 0.1) is 0 Å². The van der Waals surface area contributed by atoms with Gasteiger partial charge in [0.1, 0.15) is 5.75 Å². The summed E-state index contributed by atoms with van der Waals surface area (Å²) in [6.07, 6.45) is 0. The van der Waals surface area contributed by atoms with Crippen LogP contribution in [-0.4, -0.2) is 13.9 Å². The van der Waals surface area contributed by atoms with Crippen molar-refractivity contribution < 1.29 is 25.8 Å². The molecule has 0 N–H and O–H groups in total. The van der Waals surface area contributed by atoms with Gasteiger partial charge < -0.3 is 4.18 Å². The number of halogens is 3. The van der Waals surface area contributed by atoms with Crippen LogP contribution in [0.15, 0.2) is 30.3 Å². The summed E-state index contributed by atoms with van der Waals surface area (Å²) < 4.78 is 60.2. The second-order valence-corrected chi connectivity index (χ2v) is 3.83. The Hall–Kier alpha value is -1.24. The van der Waals surface area contributed by atoms with E-state index in [0.717, 1.165) is 12.1 Å². The SMILES string of the molecule is CC.O=S(=O)(Oc1ccccc1)C(F)(F)F. The van der Waals surface area contributed by atoms with Gasteiger partial charge >= 0.3 is 15.6 Å². The molecule has 0 heterocycles. The fourth-order valence-electron chi connectivity index (χ4n) is 0.650. The third kappa shape index (κ3) is 4.09. The molecule has 1 aromatic carbocycles. The van der Waals surface area contributed by atoms with Crippen molar-refractivity contribution in [2.24, 2.45) is 0 Å². The maximum atomic E-state index is 11.8. The molecule has 16 heavy (non-hydrogen) atoms. The number of hydrogen-bond donors (Lipinski definition) is 0. The van der Waals surface area contributed by atoms with Gasteiger partial charge in [0.2, 0.25) is 0 Å². The minimum absolute atomic E-state index is 0.371. The summed E-state index contributed by atoms with van der Waals surface area (Å²) >= 11 is 0. The molecule has 0 aliphatic carbocycles. The second-order valence-electron chi connectivity index (χ2n) is 2.30. The number of rotatable bonds is 2. The average Bonchev–Trinajstić information content (AvgIpc) is 2.20. The van der Waals surface area contributed by atoms with Gasteiger partial charge in [0.25, 0.3) is 0 Å².